The van der Waals surface area contributed by atoms with Crippen LogP contribution in [0.4, 0.5) is 29.3 Å². The van der Waals surface area contributed by atoms with E-state index in [2.05, 4.69) is 17.5 Å². The molecule has 3 N–H and O–H groups in total. The predicted molar refractivity (Wildman–Crippen MR) is 105 cm³/mol. The van der Waals surface area contributed by atoms with E-state index in [-0.39, 0.29) is 30.3 Å². The van der Waals surface area contributed by atoms with Crippen molar-refractivity contribution in [1.82, 2.24) is 5.32 Å². The first-order valence-electron chi connectivity index (χ1n) is 8.48. The van der Waals surface area contributed by atoms with Crippen molar-refractivity contribution in [2.75, 3.05) is 47.5 Å². The van der Waals surface area contributed by atoms with Crippen LogP contribution < -0.4 is 15.1 Å². The fraction of sp³-hybridized carbons (Fsp3) is 0.500. The number of ether oxygens (including phenoxy) is 1. The van der Waals surface area contributed by atoms with Gasteiger partial charge in [0.15, 0.2) is 0 Å². The van der Waals surface area contributed by atoms with Gasteiger partial charge in [0.25, 0.3) is 6.43 Å². The van der Waals surface area contributed by atoms with Gasteiger partial charge in [-0.05, 0) is 18.2 Å². The molecule has 1 aromatic rings. The maximum atomic E-state index is 14.6. The van der Waals surface area contributed by atoms with Gasteiger partial charge in [-0.2, -0.15) is 10.6 Å². The number of nitrogens with zero attached hydrogens (tertiary/aromatic N) is 2. The van der Waals surface area contributed by atoms with Crippen molar-refractivity contribution in [3.63, 3.8) is 0 Å². The van der Waals surface area contributed by atoms with Crippen LogP contribution in [0.15, 0.2) is 18.2 Å². The van der Waals surface area contributed by atoms with Gasteiger partial charge in [0.05, 0.1) is 36.0 Å². The molecule has 28 heavy (non-hydrogen) atoms. The first kappa shape index (κ1) is 21.0. The molecule has 2 fully saturated rings. The lowest BCUT2D eigenvalue weighted by Crippen LogP contribution is -2.38. The number of hydrogen-bond acceptors (Lipinski definition) is 6. The van der Waals surface area contributed by atoms with Gasteiger partial charge in [0.1, 0.15) is 16.9 Å². The highest BCUT2D eigenvalue weighted by Crippen LogP contribution is 2.41. The molecule has 2 aliphatic heterocycles. The second-order valence-electron chi connectivity index (χ2n) is 6.50. The first-order chi connectivity index (χ1) is 13.2. The molecule has 1 aromatic carbocycles. The topological polar surface area (TPSA) is 85.3 Å². The van der Waals surface area contributed by atoms with Gasteiger partial charge in [-0.1, -0.05) is 12.2 Å². The minimum Gasteiger partial charge on any atom is -0.442 e. The van der Waals surface area contributed by atoms with Crippen LogP contribution in [0.25, 0.3) is 0 Å². The first-order valence-corrected chi connectivity index (χ1v) is 10.8. The summed E-state index contributed by atoms with van der Waals surface area (Å²) in [6, 6.07) is 4.28. The second-order valence-corrected chi connectivity index (χ2v) is 9.36. The van der Waals surface area contributed by atoms with Crippen molar-refractivity contribution in [3.8, 4) is 0 Å². The summed E-state index contributed by atoms with van der Waals surface area (Å²) in [6.45, 7) is 0.650. The average molecular weight is 439 g/mol. The zero-order valence-electron chi connectivity index (χ0n) is 14.7. The summed E-state index contributed by atoms with van der Waals surface area (Å²) in [5.41, 5.74) is 0.596. The van der Waals surface area contributed by atoms with Gasteiger partial charge >= 0.3 is 6.09 Å². The standard InChI is InChI=1S/C16H20F3N3O4S2/c17-12-7-10(1-2-13(12)21-3-5-28(24,25)6-4-21)22-9-11(26-16(22)23)8-20-15(27)14(18)19/h1-2,7,11,14,24-25H,3-6,8-9H2,(H,20,27)/t11-/m0/s1. The quantitative estimate of drug-likeness (QED) is 0.609. The van der Waals surface area contributed by atoms with Gasteiger partial charge in [-0.15, -0.1) is 0 Å². The van der Waals surface area contributed by atoms with Crippen LogP contribution >= 0.6 is 22.8 Å². The SMILES string of the molecule is O=C1O[C@@H](CNC(=S)C(F)F)CN1c1ccc(N2CCS(O)(O)CC2)c(F)c1. The zero-order chi connectivity index (χ0) is 20.5. The van der Waals surface area contributed by atoms with E-state index in [4.69, 9.17) is 4.74 Å². The number of anilines is 2. The molecule has 0 aliphatic carbocycles. The van der Waals surface area contributed by atoms with Crippen LogP contribution in [0.5, 0.6) is 0 Å². The molecular weight excluding hydrogens is 419 g/mol. The Labute approximate surface area is 166 Å². The van der Waals surface area contributed by atoms with Gasteiger partial charge in [0.2, 0.25) is 0 Å². The van der Waals surface area contributed by atoms with Crippen LogP contribution in [-0.2, 0) is 4.74 Å². The molecule has 0 saturated carbocycles. The third-order valence-electron chi connectivity index (χ3n) is 4.54. The van der Waals surface area contributed by atoms with Crippen molar-refractivity contribution >= 4 is 45.3 Å². The van der Waals surface area contributed by atoms with Gasteiger partial charge in [0, 0.05) is 13.1 Å². The number of carbonyl (C=O) groups is 1. The summed E-state index contributed by atoms with van der Waals surface area (Å²) in [4.78, 5) is 14.4. The van der Waals surface area contributed by atoms with Crippen molar-refractivity contribution < 1.29 is 31.8 Å². The molecule has 156 valence electrons. The molecule has 0 unspecified atom stereocenters. The van der Waals surface area contributed by atoms with Crippen molar-refractivity contribution in [2.45, 2.75) is 12.5 Å². The van der Waals surface area contributed by atoms with E-state index in [1.165, 1.54) is 17.0 Å². The molecule has 7 nitrogen and oxygen atoms in total. The Morgan fingerprint density at radius 3 is 2.64 bits per heavy atom. The molecule has 2 saturated heterocycles. The molecule has 0 radical (unpaired) electrons. The molecule has 3 rings (SSSR count). The Morgan fingerprint density at radius 1 is 1.36 bits per heavy atom. The van der Waals surface area contributed by atoms with Crippen LogP contribution in [0, 0.1) is 5.82 Å². The van der Waals surface area contributed by atoms with E-state index >= 15 is 0 Å². The number of benzene rings is 1. The normalized spacial score (nSPS) is 22.9. The lowest BCUT2D eigenvalue weighted by atomic mass is 10.2. The van der Waals surface area contributed by atoms with Crippen LogP contribution in [0.2, 0.25) is 0 Å². The molecule has 2 heterocycles. The van der Waals surface area contributed by atoms with E-state index in [0.29, 0.717) is 18.8 Å². The Kier molecular flexibility index (Phi) is 6.22. The summed E-state index contributed by atoms with van der Waals surface area (Å²) in [5, 5.41) is 2.34. The summed E-state index contributed by atoms with van der Waals surface area (Å²) >= 11 is 4.47. The number of halogens is 3. The second kappa shape index (κ2) is 8.31. The average Bonchev–Trinajstić information content (AvgIpc) is 3.00. The Hall–Kier alpha value is -1.76. The van der Waals surface area contributed by atoms with Gasteiger partial charge in [-0.25, -0.2) is 18.0 Å². The Morgan fingerprint density at radius 2 is 2.04 bits per heavy atom. The monoisotopic (exact) mass is 439 g/mol. The number of alkyl halides is 2. The third kappa shape index (κ3) is 4.80. The fourth-order valence-electron chi connectivity index (χ4n) is 3.02. The summed E-state index contributed by atoms with van der Waals surface area (Å²) in [7, 11) is -2.58. The van der Waals surface area contributed by atoms with E-state index < -0.39 is 40.0 Å². The molecular formula is C16H20F3N3O4S2. The minimum absolute atomic E-state index is 0.0633. The number of hydrogen-bond donors (Lipinski definition) is 3. The van der Waals surface area contributed by atoms with E-state index in [1.807, 2.05) is 0 Å². The zero-order valence-corrected chi connectivity index (χ0v) is 16.3. The van der Waals surface area contributed by atoms with Crippen molar-refractivity contribution in [2.24, 2.45) is 0 Å². The van der Waals surface area contributed by atoms with E-state index in [9.17, 15) is 27.1 Å². The highest BCUT2D eigenvalue weighted by Gasteiger charge is 2.33. The van der Waals surface area contributed by atoms with Crippen LogP contribution in [0.3, 0.4) is 0 Å². The Bertz CT molecular complexity index is 759. The number of nitrogens with one attached hydrogen (secondary N) is 1. The molecule has 1 amide bonds. The predicted octanol–water partition coefficient (Wildman–Crippen LogP) is 2.90. The maximum Gasteiger partial charge on any atom is 0.414 e. The van der Waals surface area contributed by atoms with Crippen LogP contribution in [0.1, 0.15) is 0 Å². The molecule has 12 heteroatoms. The number of carbonyl (C=O) groups excluding carboxylic acids is 1. The highest BCUT2D eigenvalue weighted by atomic mass is 32.3. The molecule has 0 spiro atoms. The lowest BCUT2D eigenvalue weighted by molar-refractivity contribution is 0.142. The van der Waals surface area contributed by atoms with Gasteiger partial charge in [-0.3, -0.25) is 14.0 Å². The largest absolute Gasteiger partial charge is 0.442 e. The van der Waals surface area contributed by atoms with E-state index in [1.54, 1.807) is 11.0 Å². The van der Waals surface area contributed by atoms with Gasteiger partial charge < -0.3 is 15.0 Å². The number of rotatable bonds is 5. The maximum absolute atomic E-state index is 14.6. The number of cyclic esters (lactones) is 1. The Balaban J connectivity index is 1.63. The summed E-state index contributed by atoms with van der Waals surface area (Å²) in [6.07, 6.45) is -4.18. The molecule has 2 aliphatic rings. The third-order valence-corrected chi connectivity index (χ3v) is 6.53. The van der Waals surface area contributed by atoms with E-state index in [0.717, 1.165) is 0 Å². The number of amides is 1. The molecule has 0 bridgehead atoms. The summed E-state index contributed by atoms with van der Waals surface area (Å²) < 4.78 is 63.8. The van der Waals surface area contributed by atoms with Crippen molar-refractivity contribution in [1.29, 1.82) is 0 Å². The van der Waals surface area contributed by atoms with Crippen LogP contribution in [-0.4, -0.2) is 70.4 Å². The molecule has 0 aromatic heterocycles. The number of thiocarbonyl (C=S) groups is 1. The molecule has 1 atom stereocenters. The highest BCUT2D eigenvalue weighted by molar-refractivity contribution is 8.24. The lowest BCUT2D eigenvalue weighted by Gasteiger charge is -2.42. The summed E-state index contributed by atoms with van der Waals surface area (Å²) in [5.74, 6) is -0.187. The fourth-order valence-corrected chi connectivity index (χ4v) is 4.33. The minimum atomic E-state index is -2.79. The van der Waals surface area contributed by atoms with Crippen molar-refractivity contribution in [3.05, 3.63) is 24.0 Å². The smallest absolute Gasteiger partial charge is 0.414 e.